The molecular weight excluding hydrogens is 378 g/mol. The van der Waals surface area contributed by atoms with Gasteiger partial charge in [-0.2, -0.15) is 5.10 Å². The molecule has 1 amide bonds. The Morgan fingerprint density at radius 1 is 1.27 bits per heavy atom. The normalized spacial score (nSPS) is 20.1. The lowest BCUT2D eigenvalue weighted by Crippen LogP contribution is -2.37. The zero-order valence-electron chi connectivity index (χ0n) is 18.1. The predicted molar refractivity (Wildman–Crippen MR) is 116 cm³/mol. The van der Waals surface area contributed by atoms with E-state index in [1.807, 2.05) is 13.1 Å². The lowest BCUT2D eigenvalue weighted by Gasteiger charge is -2.31. The molecule has 2 aliphatic rings. The molecule has 162 valence electrons. The Labute approximate surface area is 178 Å². The number of primary amides is 1. The molecule has 2 aliphatic heterocycles. The van der Waals surface area contributed by atoms with Crippen molar-refractivity contribution in [1.82, 2.24) is 19.6 Å². The van der Waals surface area contributed by atoms with Gasteiger partial charge in [0.2, 0.25) is 0 Å². The summed E-state index contributed by atoms with van der Waals surface area (Å²) in [4.78, 5) is 16.6. The second-order valence-electron chi connectivity index (χ2n) is 8.73. The van der Waals surface area contributed by atoms with Gasteiger partial charge in [-0.3, -0.25) is 19.3 Å². The van der Waals surface area contributed by atoms with Gasteiger partial charge in [0, 0.05) is 63.0 Å². The van der Waals surface area contributed by atoms with E-state index in [-0.39, 0.29) is 0 Å². The van der Waals surface area contributed by atoms with Crippen LogP contribution >= 0.6 is 0 Å². The van der Waals surface area contributed by atoms with Crippen molar-refractivity contribution in [2.45, 2.75) is 39.3 Å². The molecule has 1 saturated heterocycles. The van der Waals surface area contributed by atoms with Crippen LogP contribution in [0, 0.1) is 5.92 Å². The van der Waals surface area contributed by atoms with E-state index >= 15 is 0 Å². The predicted octanol–water partition coefficient (Wildman–Crippen LogP) is 2.19. The number of para-hydroxylation sites is 1. The minimum Gasteiger partial charge on any atom is -0.492 e. The van der Waals surface area contributed by atoms with Gasteiger partial charge in [0.05, 0.1) is 0 Å². The smallest absolute Gasteiger partial charge is 0.269 e. The molecule has 3 heterocycles. The van der Waals surface area contributed by atoms with Gasteiger partial charge in [0.1, 0.15) is 12.4 Å². The fourth-order valence-electron chi connectivity index (χ4n) is 4.77. The molecule has 1 unspecified atom stereocenters. The van der Waals surface area contributed by atoms with E-state index in [1.54, 1.807) is 4.68 Å². The summed E-state index contributed by atoms with van der Waals surface area (Å²) in [5.74, 6) is 1.28. The number of benzene rings is 1. The largest absolute Gasteiger partial charge is 0.492 e. The van der Waals surface area contributed by atoms with Crippen molar-refractivity contribution < 1.29 is 9.53 Å². The minimum atomic E-state index is -0.454. The second kappa shape index (κ2) is 9.18. The summed E-state index contributed by atoms with van der Waals surface area (Å²) < 4.78 is 7.99. The van der Waals surface area contributed by atoms with Crippen LogP contribution in [-0.4, -0.2) is 58.3 Å². The maximum atomic E-state index is 11.8. The Kier molecular flexibility index (Phi) is 6.39. The number of aryl methyl sites for hydroxylation is 1. The van der Waals surface area contributed by atoms with Crippen LogP contribution < -0.4 is 10.5 Å². The number of rotatable bonds is 7. The van der Waals surface area contributed by atoms with Crippen molar-refractivity contribution in [3.8, 4) is 5.75 Å². The van der Waals surface area contributed by atoms with Gasteiger partial charge in [-0.05, 0) is 31.4 Å². The average Bonchev–Trinajstić information content (AvgIpc) is 3.06. The summed E-state index contributed by atoms with van der Waals surface area (Å²) in [5, 5.41) is 4.33. The van der Waals surface area contributed by atoms with Crippen LogP contribution in [0.25, 0.3) is 0 Å². The van der Waals surface area contributed by atoms with Crippen LogP contribution in [0.4, 0.5) is 0 Å². The number of nitrogens with zero attached hydrogens (tertiary/aromatic N) is 4. The third kappa shape index (κ3) is 4.68. The van der Waals surface area contributed by atoms with Crippen molar-refractivity contribution in [1.29, 1.82) is 0 Å². The van der Waals surface area contributed by atoms with Crippen LogP contribution in [-0.2, 0) is 26.6 Å². The van der Waals surface area contributed by atoms with Crippen molar-refractivity contribution in [2.75, 3.05) is 32.8 Å². The number of aromatic nitrogens is 2. The van der Waals surface area contributed by atoms with E-state index in [4.69, 9.17) is 10.5 Å². The molecule has 4 rings (SSSR count). The standard InChI is InChI=1S/C23H33N5O2/c1-17-6-5-10-27(14-17)12-13-30-21-8-4-3-7-18(21)15-28-11-9-20-19(16-28)22(23(24)29)25-26(20)2/h3-4,7-8,17H,5-6,9-16H2,1-2H3,(H2,24,29). The molecule has 0 spiro atoms. The Morgan fingerprint density at radius 2 is 2.10 bits per heavy atom. The van der Waals surface area contributed by atoms with Crippen LogP contribution in [0.3, 0.4) is 0 Å². The van der Waals surface area contributed by atoms with Gasteiger partial charge in [-0.15, -0.1) is 0 Å². The molecule has 2 N–H and O–H groups in total. The average molecular weight is 412 g/mol. The number of carbonyl (C=O) groups excluding carboxylic acids is 1. The number of likely N-dealkylation sites (tertiary alicyclic amines) is 1. The summed E-state index contributed by atoms with van der Waals surface area (Å²) >= 11 is 0. The second-order valence-corrected chi connectivity index (χ2v) is 8.73. The third-order valence-corrected chi connectivity index (χ3v) is 6.33. The first-order valence-electron chi connectivity index (χ1n) is 11.0. The molecule has 2 aromatic rings. The fraction of sp³-hybridized carbons (Fsp3) is 0.565. The Morgan fingerprint density at radius 3 is 2.90 bits per heavy atom. The lowest BCUT2D eigenvalue weighted by molar-refractivity contribution is 0.0992. The Bertz CT molecular complexity index is 894. The number of piperidine rings is 1. The molecule has 0 radical (unpaired) electrons. The maximum Gasteiger partial charge on any atom is 0.269 e. The third-order valence-electron chi connectivity index (χ3n) is 6.33. The van der Waals surface area contributed by atoms with Crippen molar-refractivity contribution in [2.24, 2.45) is 18.7 Å². The maximum absolute atomic E-state index is 11.8. The van der Waals surface area contributed by atoms with E-state index in [0.29, 0.717) is 18.8 Å². The molecular formula is C23H33N5O2. The number of carbonyl (C=O) groups is 1. The molecule has 0 bridgehead atoms. The van der Waals surface area contributed by atoms with Gasteiger partial charge < -0.3 is 10.5 Å². The summed E-state index contributed by atoms with van der Waals surface area (Å²) in [7, 11) is 1.88. The summed E-state index contributed by atoms with van der Waals surface area (Å²) in [6.07, 6.45) is 3.49. The molecule has 1 fully saturated rings. The summed E-state index contributed by atoms with van der Waals surface area (Å²) in [5.41, 5.74) is 9.20. The zero-order valence-corrected chi connectivity index (χ0v) is 18.1. The molecule has 30 heavy (non-hydrogen) atoms. The number of fused-ring (bicyclic) bond motifs is 1. The molecule has 7 heteroatoms. The Balaban J connectivity index is 1.38. The van der Waals surface area contributed by atoms with Crippen LogP contribution in [0.1, 0.15) is 47.1 Å². The Hall–Kier alpha value is -2.38. The number of nitrogens with two attached hydrogens (primary N) is 1. The first-order valence-corrected chi connectivity index (χ1v) is 11.0. The van der Waals surface area contributed by atoms with E-state index < -0.39 is 5.91 Å². The lowest BCUT2D eigenvalue weighted by atomic mass is 10.0. The highest BCUT2D eigenvalue weighted by Gasteiger charge is 2.26. The number of hydrogen-bond donors (Lipinski definition) is 1. The van der Waals surface area contributed by atoms with Crippen molar-refractivity contribution in [3.05, 3.63) is 46.8 Å². The zero-order chi connectivity index (χ0) is 21.1. The number of ether oxygens (including phenoxy) is 1. The highest BCUT2D eigenvalue weighted by molar-refractivity contribution is 5.92. The molecule has 0 saturated carbocycles. The monoisotopic (exact) mass is 411 g/mol. The first kappa shape index (κ1) is 20.9. The topological polar surface area (TPSA) is 76.6 Å². The van der Waals surface area contributed by atoms with Crippen molar-refractivity contribution in [3.63, 3.8) is 0 Å². The highest BCUT2D eigenvalue weighted by atomic mass is 16.5. The fourth-order valence-corrected chi connectivity index (χ4v) is 4.77. The molecule has 0 aliphatic carbocycles. The van der Waals surface area contributed by atoms with E-state index in [1.165, 1.54) is 31.5 Å². The van der Waals surface area contributed by atoms with Crippen LogP contribution in [0.15, 0.2) is 24.3 Å². The van der Waals surface area contributed by atoms with E-state index in [9.17, 15) is 4.79 Å². The molecule has 7 nitrogen and oxygen atoms in total. The van der Waals surface area contributed by atoms with Gasteiger partial charge in [0.25, 0.3) is 5.91 Å². The minimum absolute atomic E-state index is 0.400. The first-order chi connectivity index (χ1) is 14.5. The van der Waals surface area contributed by atoms with E-state index in [2.05, 4.69) is 40.0 Å². The van der Waals surface area contributed by atoms with Gasteiger partial charge in [0.15, 0.2) is 5.69 Å². The number of amides is 1. The molecule has 1 aromatic heterocycles. The molecule has 1 atom stereocenters. The van der Waals surface area contributed by atoms with E-state index in [0.717, 1.165) is 49.0 Å². The van der Waals surface area contributed by atoms with Crippen molar-refractivity contribution >= 4 is 5.91 Å². The van der Waals surface area contributed by atoms with Crippen LogP contribution in [0.5, 0.6) is 5.75 Å². The van der Waals surface area contributed by atoms with Gasteiger partial charge in [-0.1, -0.05) is 25.1 Å². The summed E-state index contributed by atoms with van der Waals surface area (Å²) in [6.45, 7) is 8.76. The molecule has 1 aromatic carbocycles. The summed E-state index contributed by atoms with van der Waals surface area (Å²) in [6, 6.07) is 8.28. The SMILES string of the molecule is CC1CCCN(CCOc2ccccc2CN2CCc3c(c(C(N)=O)nn3C)C2)C1. The quantitative estimate of drug-likeness (QED) is 0.756. The van der Waals surface area contributed by atoms with Gasteiger partial charge in [-0.25, -0.2) is 0 Å². The highest BCUT2D eigenvalue weighted by Crippen LogP contribution is 2.26. The van der Waals surface area contributed by atoms with Gasteiger partial charge >= 0.3 is 0 Å². The number of hydrogen-bond acceptors (Lipinski definition) is 5. The van der Waals surface area contributed by atoms with Crippen LogP contribution in [0.2, 0.25) is 0 Å².